The highest BCUT2D eigenvalue weighted by molar-refractivity contribution is 7.89. The van der Waals surface area contributed by atoms with Crippen LogP contribution in [0.1, 0.15) is 20.8 Å². The molecule has 5 heteroatoms. The van der Waals surface area contributed by atoms with Crippen molar-refractivity contribution in [1.82, 2.24) is 0 Å². The van der Waals surface area contributed by atoms with E-state index in [0.29, 0.717) is 19.8 Å². The lowest BCUT2D eigenvalue weighted by Crippen LogP contribution is -2.21. The maximum absolute atomic E-state index is 11.3. The van der Waals surface area contributed by atoms with E-state index in [9.17, 15) is 4.21 Å². The standard InChI is InChI=1S/C6H15O4S/c1-4-8-11(7,9-5-2)10-6-3/h4-6H2,1-3H3/q+1. The molecule has 0 radical (unpaired) electrons. The van der Waals surface area contributed by atoms with E-state index in [-0.39, 0.29) is 0 Å². The number of hydrogen-bond donors (Lipinski definition) is 0. The number of hydrogen-bond acceptors (Lipinski definition) is 4. The molecular weight excluding hydrogens is 168 g/mol. The smallest absolute Gasteiger partial charge is 0.114 e. The normalized spacial score (nSPS) is 11.9. The third-order valence-corrected chi connectivity index (χ3v) is 2.36. The second kappa shape index (κ2) is 5.65. The van der Waals surface area contributed by atoms with Crippen molar-refractivity contribution in [1.29, 1.82) is 0 Å². The van der Waals surface area contributed by atoms with E-state index in [1.54, 1.807) is 20.8 Å². The predicted octanol–water partition coefficient (Wildman–Crippen LogP) is 1.34. The van der Waals surface area contributed by atoms with Crippen molar-refractivity contribution in [2.75, 3.05) is 19.8 Å². The lowest BCUT2D eigenvalue weighted by molar-refractivity contribution is 0.151. The molecule has 0 N–H and O–H groups in total. The fraction of sp³-hybridized carbons (Fsp3) is 1.00. The molecule has 0 aliphatic carbocycles. The summed E-state index contributed by atoms with van der Waals surface area (Å²) in [5.41, 5.74) is 0. The maximum atomic E-state index is 11.3. The molecular formula is C6H15O4S+. The van der Waals surface area contributed by atoms with Gasteiger partial charge in [-0.1, -0.05) is 0 Å². The summed E-state index contributed by atoms with van der Waals surface area (Å²) >= 11 is 0. The molecule has 0 atom stereocenters. The minimum atomic E-state index is -2.94. The van der Waals surface area contributed by atoms with Crippen LogP contribution < -0.4 is 0 Å². The van der Waals surface area contributed by atoms with E-state index in [4.69, 9.17) is 12.5 Å². The van der Waals surface area contributed by atoms with Crippen molar-refractivity contribution in [2.24, 2.45) is 0 Å². The van der Waals surface area contributed by atoms with Crippen molar-refractivity contribution in [3.8, 4) is 0 Å². The Hall–Kier alpha value is 0.0300. The van der Waals surface area contributed by atoms with Crippen molar-refractivity contribution < 1.29 is 16.8 Å². The fourth-order valence-corrected chi connectivity index (χ4v) is 1.61. The molecule has 0 fully saturated rings. The largest absolute Gasteiger partial charge is 0.513 e. The van der Waals surface area contributed by atoms with Crippen molar-refractivity contribution in [2.45, 2.75) is 20.8 Å². The van der Waals surface area contributed by atoms with Crippen LogP contribution >= 0.6 is 0 Å². The van der Waals surface area contributed by atoms with Gasteiger partial charge in [-0.2, -0.15) is 0 Å². The molecule has 0 heterocycles. The van der Waals surface area contributed by atoms with E-state index < -0.39 is 10.8 Å². The lowest BCUT2D eigenvalue weighted by atomic mass is 10.9. The third kappa shape index (κ3) is 4.47. The van der Waals surface area contributed by atoms with Gasteiger partial charge in [-0.05, 0) is 20.8 Å². The Labute approximate surface area is 68.9 Å². The maximum Gasteiger partial charge on any atom is 0.513 e. The summed E-state index contributed by atoms with van der Waals surface area (Å²) < 4.78 is 25.7. The highest BCUT2D eigenvalue weighted by atomic mass is 32.3. The monoisotopic (exact) mass is 183 g/mol. The van der Waals surface area contributed by atoms with Crippen molar-refractivity contribution in [3.63, 3.8) is 0 Å². The molecule has 0 unspecified atom stereocenters. The quantitative estimate of drug-likeness (QED) is 0.583. The molecule has 0 saturated carbocycles. The zero-order valence-electron chi connectivity index (χ0n) is 7.16. The molecule has 68 valence electrons. The van der Waals surface area contributed by atoms with Crippen LogP contribution in [0, 0.1) is 0 Å². The SMILES string of the molecule is CCO[S+](=O)(OCC)OCC. The first kappa shape index (κ1) is 11.0. The lowest BCUT2D eigenvalue weighted by Gasteiger charge is -2.03. The van der Waals surface area contributed by atoms with Gasteiger partial charge in [0.1, 0.15) is 19.8 Å². The summed E-state index contributed by atoms with van der Waals surface area (Å²) in [7, 11) is -2.94. The summed E-state index contributed by atoms with van der Waals surface area (Å²) in [5.74, 6) is 0. The molecule has 4 nitrogen and oxygen atoms in total. The Morgan fingerprint density at radius 3 is 1.36 bits per heavy atom. The van der Waals surface area contributed by atoms with Crippen LogP contribution in [0.2, 0.25) is 0 Å². The molecule has 0 aromatic carbocycles. The second-order valence-electron chi connectivity index (χ2n) is 1.63. The van der Waals surface area contributed by atoms with E-state index >= 15 is 0 Å². The van der Waals surface area contributed by atoms with Crippen LogP contribution in [0.3, 0.4) is 0 Å². The van der Waals surface area contributed by atoms with E-state index in [1.165, 1.54) is 0 Å². The first-order valence-electron chi connectivity index (χ1n) is 3.65. The average Bonchev–Trinajstić information content (AvgIpc) is 1.88. The Morgan fingerprint density at radius 1 is 0.909 bits per heavy atom. The average molecular weight is 183 g/mol. The minimum Gasteiger partial charge on any atom is -0.114 e. The van der Waals surface area contributed by atoms with Crippen LogP contribution in [-0.2, 0) is 27.5 Å². The van der Waals surface area contributed by atoms with Crippen molar-refractivity contribution >= 4 is 10.8 Å². The van der Waals surface area contributed by atoms with Gasteiger partial charge in [0.05, 0.1) is 0 Å². The molecule has 0 saturated heterocycles. The van der Waals surface area contributed by atoms with Crippen LogP contribution in [0.4, 0.5) is 0 Å². The minimum absolute atomic E-state index is 0.318. The molecule has 0 rings (SSSR count). The van der Waals surface area contributed by atoms with Crippen LogP contribution in [0.5, 0.6) is 0 Å². The Kier molecular flexibility index (Phi) is 5.67. The molecule has 0 aromatic rings. The summed E-state index contributed by atoms with van der Waals surface area (Å²) in [6.45, 7) is 6.16. The molecule has 0 amide bonds. The van der Waals surface area contributed by atoms with Gasteiger partial charge in [0.15, 0.2) is 0 Å². The Bertz CT molecular complexity index is 113. The van der Waals surface area contributed by atoms with Gasteiger partial charge in [-0.25, -0.2) is 0 Å². The third-order valence-electron chi connectivity index (χ3n) is 0.787. The number of rotatable bonds is 6. The van der Waals surface area contributed by atoms with Gasteiger partial charge in [0.25, 0.3) is 0 Å². The molecule has 11 heavy (non-hydrogen) atoms. The van der Waals surface area contributed by atoms with E-state index in [2.05, 4.69) is 0 Å². The zero-order chi connectivity index (χ0) is 8.74. The van der Waals surface area contributed by atoms with Gasteiger partial charge < -0.3 is 0 Å². The van der Waals surface area contributed by atoms with Crippen LogP contribution in [0.25, 0.3) is 0 Å². The van der Waals surface area contributed by atoms with E-state index in [1.807, 2.05) is 0 Å². The van der Waals surface area contributed by atoms with Gasteiger partial charge in [0.2, 0.25) is 0 Å². The van der Waals surface area contributed by atoms with Crippen LogP contribution in [-0.4, -0.2) is 19.8 Å². The van der Waals surface area contributed by atoms with Crippen molar-refractivity contribution in [3.05, 3.63) is 0 Å². The molecule has 0 aromatic heterocycles. The van der Waals surface area contributed by atoms with Gasteiger partial charge in [-0.3, -0.25) is 0 Å². The summed E-state index contributed by atoms with van der Waals surface area (Å²) in [4.78, 5) is 0. The van der Waals surface area contributed by atoms with Gasteiger partial charge in [-0.15, -0.1) is 12.5 Å². The van der Waals surface area contributed by atoms with Gasteiger partial charge >= 0.3 is 10.8 Å². The first-order valence-corrected chi connectivity index (χ1v) is 4.99. The molecule has 0 aliphatic rings. The summed E-state index contributed by atoms with van der Waals surface area (Å²) in [6, 6.07) is 0. The highest BCUT2D eigenvalue weighted by Crippen LogP contribution is 2.10. The summed E-state index contributed by atoms with van der Waals surface area (Å²) in [6.07, 6.45) is 0. The topological polar surface area (TPSA) is 44.8 Å². The Balaban J connectivity index is 3.91. The fourth-order valence-electron chi connectivity index (χ4n) is 0.535. The highest BCUT2D eigenvalue weighted by Gasteiger charge is 2.33. The Morgan fingerprint density at radius 2 is 1.18 bits per heavy atom. The van der Waals surface area contributed by atoms with Gasteiger partial charge in [0, 0.05) is 4.21 Å². The zero-order valence-corrected chi connectivity index (χ0v) is 7.98. The summed E-state index contributed by atoms with van der Waals surface area (Å²) in [5, 5.41) is 0. The van der Waals surface area contributed by atoms with E-state index in [0.717, 1.165) is 0 Å². The predicted molar refractivity (Wildman–Crippen MR) is 42.9 cm³/mol. The molecule has 0 aliphatic heterocycles. The molecule has 0 bridgehead atoms. The first-order chi connectivity index (χ1) is 5.18. The molecule has 0 spiro atoms. The second-order valence-corrected chi connectivity index (χ2v) is 3.15. The van der Waals surface area contributed by atoms with Crippen LogP contribution in [0.15, 0.2) is 0 Å².